The zero-order valence-corrected chi connectivity index (χ0v) is 10.2. The molecule has 90 valence electrons. The Morgan fingerprint density at radius 3 is 2.94 bits per heavy atom. The Balaban J connectivity index is 2.18. The van der Waals surface area contributed by atoms with E-state index in [-0.39, 0.29) is 6.61 Å². The molecule has 0 aliphatic heterocycles. The third-order valence-electron chi connectivity index (χ3n) is 2.30. The van der Waals surface area contributed by atoms with E-state index in [0.29, 0.717) is 23.7 Å². The van der Waals surface area contributed by atoms with Crippen LogP contribution in [0.2, 0.25) is 0 Å². The van der Waals surface area contributed by atoms with E-state index < -0.39 is 0 Å². The van der Waals surface area contributed by atoms with Gasteiger partial charge < -0.3 is 14.6 Å². The van der Waals surface area contributed by atoms with E-state index in [2.05, 4.69) is 4.98 Å². The van der Waals surface area contributed by atoms with Gasteiger partial charge in [0.2, 0.25) is 0 Å². The van der Waals surface area contributed by atoms with E-state index in [1.165, 1.54) is 11.3 Å². The molecular formula is C12H13NO3S. The van der Waals surface area contributed by atoms with Gasteiger partial charge in [0.05, 0.1) is 24.9 Å². The van der Waals surface area contributed by atoms with Gasteiger partial charge in [0.25, 0.3) is 0 Å². The van der Waals surface area contributed by atoms with E-state index in [0.717, 1.165) is 5.69 Å². The Hall–Kier alpha value is -1.59. The van der Waals surface area contributed by atoms with Crippen molar-refractivity contribution in [2.24, 2.45) is 0 Å². The maximum absolute atomic E-state index is 9.25. The number of hydrogen-bond donors (Lipinski definition) is 1. The minimum absolute atomic E-state index is 0.0798. The van der Waals surface area contributed by atoms with Crippen LogP contribution in [0.1, 0.15) is 11.3 Å². The van der Waals surface area contributed by atoms with Crippen LogP contribution in [0.3, 0.4) is 0 Å². The second-order valence-electron chi connectivity index (χ2n) is 3.38. The maximum Gasteiger partial charge on any atom is 0.167 e. The molecule has 0 bridgehead atoms. The number of aliphatic hydroxyl groups is 1. The van der Waals surface area contributed by atoms with Crippen molar-refractivity contribution >= 4 is 11.3 Å². The highest BCUT2D eigenvalue weighted by Gasteiger charge is 2.10. The van der Waals surface area contributed by atoms with Crippen LogP contribution in [0.25, 0.3) is 0 Å². The molecule has 5 heteroatoms. The van der Waals surface area contributed by atoms with Crippen LogP contribution in [0.5, 0.6) is 11.5 Å². The summed E-state index contributed by atoms with van der Waals surface area (Å²) in [6, 6.07) is 5.43. The van der Waals surface area contributed by atoms with Crippen molar-refractivity contribution in [1.29, 1.82) is 0 Å². The van der Waals surface area contributed by atoms with Crippen molar-refractivity contribution in [1.82, 2.24) is 4.98 Å². The molecule has 4 nitrogen and oxygen atoms in total. The SMILES string of the molecule is COc1cccc(CO)c1OCc1cscn1. The average molecular weight is 251 g/mol. The molecule has 2 rings (SSSR count). The molecule has 2 aromatic rings. The molecule has 0 fully saturated rings. The summed E-state index contributed by atoms with van der Waals surface area (Å²) in [5, 5.41) is 11.2. The normalized spacial score (nSPS) is 10.2. The number of nitrogens with zero attached hydrogens (tertiary/aromatic N) is 1. The molecule has 0 unspecified atom stereocenters. The van der Waals surface area contributed by atoms with Gasteiger partial charge in [0.1, 0.15) is 6.61 Å². The molecule has 17 heavy (non-hydrogen) atoms. The number of aliphatic hydroxyl groups excluding tert-OH is 1. The number of ether oxygens (including phenoxy) is 2. The van der Waals surface area contributed by atoms with Gasteiger partial charge in [-0.1, -0.05) is 12.1 Å². The zero-order valence-electron chi connectivity index (χ0n) is 9.42. The topological polar surface area (TPSA) is 51.6 Å². The summed E-state index contributed by atoms with van der Waals surface area (Å²) in [5.41, 5.74) is 3.33. The highest BCUT2D eigenvalue weighted by atomic mass is 32.1. The summed E-state index contributed by atoms with van der Waals surface area (Å²) in [7, 11) is 1.58. The Morgan fingerprint density at radius 2 is 2.29 bits per heavy atom. The van der Waals surface area contributed by atoms with Crippen LogP contribution >= 0.6 is 11.3 Å². The molecule has 0 aliphatic carbocycles. The number of methoxy groups -OCH3 is 1. The molecule has 1 heterocycles. The van der Waals surface area contributed by atoms with Gasteiger partial charge >= 0.3 is 0 Å². The molecule has 1 aromatic carbocycles. The Labute approximate surface area is 103 Å². The molecule has 0 saturated heterocycles. The van der Waals surface area contributed by atoms with Crippen molar-refractivity contribution < 1.29 is 14.6 Å². The van der Waals surface area contributed by atoms with Crippen molar-refractivity contribution in [3.05, 3.63) is 40.3 Å². The van der Waals surface area contributed by atoms with Gasteiger partial charge in [-0.15, -0.1) is 11.3 Å². The largest absolute Gasteiger partial charge is 0.493 e. The lowest BCUT2D eigenvalue weighted by atomic mass is 10.2. The van der Waals surface area contributed by atoms with Crippen molar-refractivity contribution in [3.63, 3.8) is 0 Å². The summed E-state index contributed by atoms with van der Waals surface area (Å²) in [5.74, 6) is 1.19. The summed E-state index contributed by atoms with van der Waals surface area (Å²) >= 11 is 1.52. The second kappa shape index (κ2) is 5.65. The standard InChI is InChI=1S/C12H13NO3S/c1-15-11-4-2-3-9(5-14)12(11)16-6-10-7-17-8-13-10/h2-4,7-8,14H,5-6H2,1H3. The molecular weight excluding hydrogens is 238 g/mol. The summed E-state index contributed by atoms with van der Waals surface area (Å²) in [4.78, 5) is 4.13. The highest BCUT2D eigenvalue weighted by Crippen LogP contribution is 2.31. The van der Waals surface area contributed by atoms with Gasteiger partial charge in [0, 0.05) is 10.9 Å². The van der Waals surface area contributed by atoms with Gasteiger partial charge in [0.15, 0.2) is 11.5 Å². The number of para-hydroxylation sites is 1. The van der Waals surface area contributed by atoms with E-state index in [1.54, 1.807) is 24.8 Å². The summed E-state index contributed by atoms with van der Waals surface area (Å²) < 4.78 is 10.9. The highest BCUT2D eigenvalue weighted by molar-refractivity contribution is 7.07. The van der Waals surface area contributed by atoms with Crippen LogP contribution in [-0.4, -0.2) is 17.2 Å². The molecule has 0 aliphatic rings. The third-order valence-corrected chi connectivity index (χ3v) is 2.93. The zero-order chi connectivity index (χ0) is 12.1. The quantitative estimate of drug-likeness (QED) is 0.885. The van der Waals surface area contributed by atoms with E-state index in [9.17, 15) is 5.11 Å². The lowest BCUT2D eigenvalue weighted by Gasteiger charge is -2.13. The fourth-order valence-electron chi connectivity index (χ4n) is 1.47. The van der Waals surface area contributed by atoms with Crippen LogP contribution in [-0.2, 0) is 13.2 Å². The van der Waals surface area contributed by atoms with Crippen LogP contribution in [0.15, 0.2) is 29.1 Å². The number of aromatic nitrogens is 1. The Bertz CT molecular complexity index is 448. The predicted octanol–water partition coefficient (Wildman–Crippen LogP) is 2.22. The van der Waals surface area contributed by atoms with Crippen molar-refractivity contribution in [3.8, 4) is 11.5 Å². The number of benzene rings is 1. The first-order valence-electron chi connectivity index (χ1n) is 5.11. The molecule has 0 spiro atoms. The van der Waals surface area contributed by atoms with Crippen LogP contribution < -0.4 is 9.47 Å². The third kappa shape index (κ3) is 2.75. The molecule has 0 radical (unpaired) electrons. The van der Waals surface area contributed by atoms with Gasteiger partial charge in [-0.25, -0.2) is 4.98 Å². The Morgan fingerprint density at radius 1 is 1.41 bits per heavy atom. The van der Waals surface area contributed by atoms with Crippen molar-refractivity contribution in [2.75, 3.05) is 7.11 Å². The minimum Gasteiger partial charge on any atom is -0.493 e. The smallest absolute Gasteiger partial charge is 0.167 e. The fraction of sp³-hybridized carbons (Fsp3) is 0.250. The fourth-order valence-corrected chi connectivity index (χ4v) is 2.01. The van der Waals surface area contributed by atoms with Gasteiger partial charge in [-0.2, -0.15) is 0 Å². The number of thiazole rings is 1. The number of rotatable bonds is 5. The summed E-state index contributed by atoms with van der Waals surface area (Å²) in [6.45, 7) is 0.292. The lowest BCUT2D eigenvalue weighted by Crippen LogP contribution is -2.01. The van der Waals surface area contributed by atoms with E-state index in [1.807, 2.05) is 11.4 Å². The summed E-state index contributed by atoms with van der Waals surface area (Å²) in [6.07, 6.45) is 0. The number of hydrogen-bond acceptors (Lipinski definition) is 5. The molecule has 1 aromatic heterocycles. The van der Waals surface area contributed by atoms with E-state index in [4.69, 9.17) is 9.47 Å². The van der Waals surface area contributed by atoms with Crippen molar-refractivity contribution in [2.45, 2.75) is 13.2 Å². The molecule has 0 atom stereocenters. The maximum atomic E-state index is 9.25. The first kappa shape index (κ1) is 11.9. The predicted molar refractivity (Wildman–Crippen MR) is 65.4 cm³/mol. The first-order valence-corrected chi connectivity index (χ1v) is 6.06. The Kier molecular flexibility index (Phi) is 3.95. The monoisotopic (exact) mass is 251 g/mol. The molecule has 0 saturated carbocycles. The molecule has 1 N–H and O–H groups in total. The lowest BCUT2D eigenvalue weighted by molar-refractivity contribution is 0.248. The average Bonchev–Trinajstić information content (AvgIpc) is 2.88. The first-order chi connectivity index (χ1) is 8.35. The van der Waals surface area contributed by atoms with Crippen LogP contribution in [0, 0.1) is 0 Å². The van der Waals surface area contributed by atoms with Crippen LogP contribution in [0.4, 0.5) is 0 Å². The van der Waals surface area contributed by atoms with Gasteiger partial charge in [-0.05, 0) is 6.07 Å². The van der Waals surface area contributed by atoms with Gasteiger partial charge in [-0.3, -0.25) is 0 Å². The molecule has 0 amide bonds. The second-order valence-corrected chi connectivity index (χ2v) is 4.09. The van der Waals surface area contributed by atoms with E-state index >= 15 is 0 Å². The minimum atomic E-state index is -0.0798.